The highest BCUT2D eigenvalue weighted by Crippen LogP contribution is 2.12. The van der Waals surface area contributed by atoms with Crippen LogP contribution in [0.5, 0.6) is 0 Å². The summed E-state index contributed by atoms with van der Waals surface area (Å²) in [6.45, 7) is 4.47. The second-order valence-corrected chi connectivity index (χ2v) is 13.8. The topological polar surface area (TPSA) is 102 Å². The lowest BCUT2D eigenvalue weighted by molar-refractivity contribution is -0.889. The van der Waals surface area contributed by atoms with Crippen LogP contribution < -0.4 is 5.11 Å². The first-order valence-corrected chi connectivity index (χ1v) is 19.2. The van der Waals surface area contributed by atoms with Gasteiger partial charge < -0.3 is 28.6 Å². The number of quaternary nitrogens is 1. The number of carboxylic acid groups (broad SMARTS) is 1. The Balaban J connectivity index is 4.48. The molecule has 0 aromatic carbocycles. The van der Waals surface area contributed by atoms with Crippen molar-refractivity contribution in [3.63, 3.8) is 0 Å². The zero-order valence-corrected chi connectivity index (χ0v) is 31.8. The maximum Gasteiger partial charge on any atom is 0.306 e. The fourth-order valence-corrected chi connectivity index (χ4v) is 5.24. The van der Waals surface area contributed by atoms with Gasteiger partial charge >= 0.3 is 11.9 Å². The molecule has 49 heavy (non-hydrogen) atoms. The number of ether oxygens (including phenoxy) is 3. The molecule has 0 aliphatic rings. The average Bonchev–Trinajstić information content (AvgIpc) is 3.05. The number of carboxylic acids is 1. The van der Waals surface area contributed by atoms with Crippen LogP contribution in [0.1, 0.15) is 142 Å². The number of likely N-dealkylation sites (N-methyl/N-ethyl adjacent to an activating group) is 1. The van der Waals surface area contributed by atoms with Crippen molar-refractivity contribution in [1.29, 1.82) is 0 Å². The minimum absolute atomic E-state index is 0.0276. The standard InChI is InChI=1S/C41H71NO7/c1-6-8-10-12-14-16-17-18-19-20-21-22-24-26-28-30-32-40(44)49-37(35-47-34-33-38(41(45)46)42(3,4)5)36-48-39(43)31-29-27-25-23-15-13-11-9-7-2/h8,10,14,16,18-19,21-22,37-38H,6-7,9,11-13,15,17,20,23-36H2,1-5H3/b10-8+,16-14+,19-18+,22-21+. The van der Waals surface area contributed by atoms with Crippen LogP contribution in [0.3, 0.4) is 0 Å². The second kappa shape index (κ2) is 32.5. The van der Waals surface area contributed by atoms with E-state index in [1.54, 1.807) is 21.1 Å². The van der Waals surface area contributed by atoms with Crippen molar-refractivity contribution >= 4 is 17.9 Å². The minimum atomic E-state index is -1.13. The van der Waals surface area contributed by atoms with Gasteiger partial charge in [0.15, 0.2) is 6.10 Å². The third-order valence-corrected chi connectivity index (χ3v) is 8.23. The normalized spacial score (nSPS) is 13.6. The molecule has 0 heterocycles. The summed E-state index contributed by atoms with van der Waals surface area (Å²) in [6.07, 6.45) is 35.7. The third kappa shape index (κ3) is 31.0. The number of carbonyl (C=O) groups is 3. The molecule has 0 aromatic rings. The minimum Gasteiger partial charge on any atom is -0.544 e. The van der Waals surface area contributed by atoms with Gasteiger partial charge in [0.2, 0.25) is 0 Å². The molecule has 0 aliphatic heterocycles. The van der Waals surface area contributed by atoms with Crippen LogP contribution in [-0.2, 0) is 28.6 Å². The summed E-state index contributed by atoms with van der Waals surface area (Å²) in [5.74, 6) is -1.79. The molecule has 8 nitrogen and oxygen atoms in total. The smallest absolute Gasteiger partial charge is 0.306 e. The van der Waals surface area contributed by atoms with E-state index in [0.29, 0.717) is 6.42 Å². The lowest BCUT2D eigenvalue weighted by Gasteiger charge is -2.34. The van der Waals surface area contributed by atoms with E-state index < -0.39 is 18.1 Å². The molecule has 0 saturated heterocycles. The van der Waals surface area contributed by atoms with Gasteiger partial charge in [-0.2, -0.15) is 0 Å². The first-order valence-electron chi connectivity index (χ1n) is 19.2. The van der Waals surface area contributed by atoms with Crippen LogP contribution in [0, 0.1) is 0 Å². The predicted molar refractivity (Wildman–Crippen MR) is 199 cm³/mol. The van der Waals surface area contributed by atoms with E-state index in [-0.39, 0.29) is 49.1 Å². The number of hydrogen-bond donors (Lipinski definition) is 0. The quantitative estimate of drug-likeness (QED) is 0.0295. The van der Waals surface area contributed by atoms with Crippen molar-refractivity contribution in [2.24, 2.45) is 0 Å². The molecule has 282 valence electrons. The predicted octanol–water partition coefficient (Wildman–Crippen LogP) is 8.35. The SMILES string of the molecule is CC/C=C/C/C=C/C/C=C/C/C=C/CCCCCC(=O)OC(COCCC(C(=O)[O-])[N+](C)(C)C)COC(=O)CCCCCCCCCCC. The first kappa shape index (κ1) is 46.3. The Morgan fingerprint density at radius 2 is 1.14 bits per heavy atom. The molecule has 0 saturated carbocycles. The number of unbranched alkanes of at least 4 members (excludes halogenated alkanes) is 11. The largest absolute Gasteiger partial charge is 0.544 e. The van der Waals surface area contributed by atoms with Crippen molar-refractivity contribution in [2.75, 3.05) is 41.0 Å². The lowest BCUT2D eigenvalue weighted by atomic mass is 10.1. The summed E-state index contributed by atoms with van der Waals surface area (Å²) < 4.78 is 17.0. The maximum atomic E-state index is 12.6. The van der Waals surface area contributed by atoms with Crippen LogP contribution in [0.15, 0.2) is 48.6 Å². The highest BCUT2D eigenvalue weighted by atomic mass is 16.6. The van der Waals surface area contributed by atoms with Crippen molar-refractivity contribution in [1.82, 2.24) is 0 Å². The Morgan fingerprint density at radius 3 is 1.69 bits per heavy atom. The van der Waals surface area contributed by atoms with E-state index in [0.717, 1.165) is 70.6 Å². The van der Waals surface area contributed by atoms with Gasteiger partial charge in [-0.05, 0) is 51.4 Å². The first-order chi connectivity index (χ1) is 23.6. The molecule has 0 fully saturated rings. The Hall–Kier alpha value is -2.71. The molecular formula is C41H71NO7. The van der Waals surface area contributed by atoms with E-state index in [1.165, 1.54) is 38.5 Å². The Kier molecular flexibility index (Phi) is 30.7. The molecule has 0 spiro atoms. The molecule has 8 heteroatoms. The molecule has 0 rings (SSSR count). The summed E-state index contributed by atoms with van der Waals surface area (Å²) >= 11 is 0. The summed E-state index contributed by atoms with van der Waals surface area (Å²) in [7, 11) is 5.38. The van der Waals surface area contributed by atoms with E-state index in [9.17, 15) is 19.5 Å². The van der Waals surface area contributed by atoms with Gasteiger partial charge in [-0.15, -0.1) is 0 Å². The van der Waals surface area contributed by atoms with Crippen LogP contribution in [0.4, 0.5) is 0 Å². The third-order valence-electron chi connectivity index (χ3n) is 8.23. The zero-order chi connectivity index (χ0) is 36.4. The van der Waals surface area contributed by atoms with Crippen LogP contribution >= 0.6 is 0 Å². The fraction of sp³-hybridized carbons (Fsp3) is 0.732. The summed E-state index contributed by atoms with van der Waals surface area (Å²) in [5, 5.41) is 11.6. The van der Waals surface area contributed by atoms with E-state index in [4.69, 9.17) is 14.2 Å². The highest BCUT2D eigenvalue weighted by molar-refractivity contribution is 5.70. The molecule has 2 unspecified atom stereocenters. The van der Waals surface area contributed by atoms with Gasteiger partial charge in [0, 0.05) is 19.3 Å². The number of carbonyl (C=O) groups excluding carboxylic acids is 3. The van der Waals surface area contributed by atoms with Gasteiger partial charge in [0.05, 0.1) is 40.3 Å². The molecular weight excluding hydrogens is 618 g/mol. The number of rotatable bonds is 33. The molecule has 0 aliphatic carbocycles. The molecule has 2 atom stereocenters. The van der Waals surface area contributed by atoms with Crippen molar-refractivity contribution in [2.45, 2.75) is 154 Å². The van der Waals surface area contributed by atoms with E-state index in [1.807, 2.05) is 0 Å². The van der Waals surface area contributed by atoms with Crippen LogP contribution in [0.2, 0.25) is 0 Å². The highest BCUT2D eigenvalue weighted by Gasteiger charge is 2.25. The maximum absolute atomic E-state index is 12.6. The zero-order valence-electron chi connectivity index (χ0n) is 31.8. The number of nitrogens with zero attached hydrogens (tertiary/aromatic N) is 1. The number of esters is 2. The lowest BCUT2D eigenvalue weighted by Crippen LogP contribution is -2.55. The molecule has 0 N–H and O–H groups in total. The number of allylic oxidation sites excluding steroid dienone is 8. The summed E-state index contributed by atoms with van der Waals surface area (Å²) in [4.78, 5) is 36.6. The molecule has 0 aromatic heterocycles. The van der Waals surface area contributed by atoms with E-state index >= 15 is 0 Å². The fourth-order valence-electron chi connectivity index (χ4n) is 5.24. The molecule has 0 bridgehead atoms. The van der Waals surface area contributed by atoms with Crippen LogP contribution in [0.25, 0.3) is 0 Å². The average molecular weight is 690 g/mol. The Bertz CT molecular complexity index is 948. The van der Waals surface area contributed by atoms with Gasteiger partial charge in [0.1, 0.15) is 12.6 Å². The van der Waals surface area contributed by atoms with Crippen molar-refractivity contribution in [3.05, 3.63) is 48.6 Å². The van der Waals surface area contributed by atoms with Gasteiger partial charge in [-0.25, -0.2) is 0 Å². The number of hydrogen-bond acceptors (Lipinski definition) is 7. The molecule has 0 radical (unpaired) electrons. The monoisotopic (exact) mass is 690 g/mol. The van der Waals surface area contributed by atoms with E-state index in [2.05, 4.69) is 62.5 Å². The van der Waals surface area contributed by atoms with Gasteiger partial charge in [-0.1, -0.05) is 120 Å². The molecule has 0 amide bonds. The Labute approximate surface area is 299 Å². The van der Waals surface area contributed by atoms with Gasteiger partial charge in [-0.3, -0.25) is 9.59 Å². The van der Waals surface area contributed by atoms with Crippen molar-refractivity contribution < 1.29 is 38.2 Å². The summed E-state index contributed by atoms with van der Waals surface area (Å²) in [6, 6.07) is -0.730. The Morgan fingerprint density at radius 1 is 0.633 bits per heavy atom. The second-order valence-electron chi connectivity index (χ2n) is 13.8. The number of aliphatic carboxylic acids is 1. The van der Waals surface area contributed by atoms with Gasteiger partial charge in [0.25, 0.3) is 0 Å². The van der Waals surface area contributed by atoms with Crippen molar-refractivity contribution in [3.8, 4) is 0 Å². The van der Waals surface area contributed by atoms with Crippen LogP contribution in [-0.4, -0.2) is 75.5 Å². The summed E-state index contributed by atoms with van der Waals surface area (Å²) in [5.41, 5.74) is 0.